The molecule has 4 aliphatic carbocycles. The number of hydrogen-bond donors (Lipinski definition) is 0. The van der Waals surface area contributed by atoms with Crippen LogP contribution in [0.3, 0.4) is 0 Å². The molecule has 0 aromatic carbocycles. The van der Waals surface area contributed by atoms with Gasteiger partial charge in [0.15, 0.2) is 0 Å². The zero-order chi connectivity index (χ0) is 19.3. The molecule has 0 aromatic rings. The lowest BCUT2D eigenvalue weighted by Gasteiger charge is -2.39. The van der Waals surface area contributed by atoms with Gasteiger partial charge in [0.05, 0.1) is 6.10 Å². The molecule has 0 aromatic heterocycles. The molecule has 0 saturated heterocycles. The second-order valence-electron chi connectivity index (χ2n) is 11.7. The van der Waals surface area contributed by atoms with Gasteiger partial charge in [0.1, 0.15) is 0 Å². The Morgan fingerprint density at radius 2 is 0.857 bits per heavy atom. The molecule has 0 spiro atoms. The summed E-state index contributed by atoms with van der Waals surface area (Å²) in [6.45, 7) is 5.97. The fourth-order valence-electron chi connectivity index (χ4n) is 7.34. The van der Waals surface area contributed by atoms with Crippen molar-refractivity contribution < 1.29 is 10.4 Å². The topological polar surface area (TPSA) is 9.23 Å². The lowest BCUT2D eigenvalue weighted by molar-refractivity contribution is -0.0191. The van der Waals surface area contributed by atoms with E-state index in [0.29, 0.717) is 6.10 Å². The van der Waals surface area contributed by atoms with Crippen molar-refractivity contribution in [3.8, 4) is 0 Å². The Labute approximate surface area is 181 Å². The molecule has 1 heteroatoms. The first-order valence-electron chi connectivity index (χ1n) is 13.3. The standard InChI is InChI=1S/C27H48O.4H2/c1-20-3-9-23(10-4-20)25-13-7-22(8-14-25)19-28-27-17-15-26(16-18-27)24-11-5-21(2)6-12-24;;;;/h20-27H,3-19H2,1-2H3;4*1H. The predicted octanol–water partition coefficient (Wildman–Crippen LogP) is 9.00. The van der Waals surface area contributed by atoms with Gasteiger partial charge in [-0.15, -0.1) is 0 Å². The average molecular weight is 397 g/mol. The molecule has 0 aliphatic heterocycles. The molecule has 0 radical (unpaired) electrons. The minimum Gasteiger partial charge on any atom is -0.378 e. The second-order valence-corrected chi connectivity index (χ2v) is 11.7. The zero-order valence-corrected chi connectivity index (χ0v) is 19.0. The third-order valence-corrected chi connectivity index (χ3v) is 9.63. The average Bonchev–Trinajstić information content (AvgIpc) is 2.74. The van der Waals surface area contributed by atoms with Gasteiger partial charge in [-0.2, -0.15) is 0 Å². The highest BCUT2D eigenvalue weighted by atomic mass is 16.5. The van der Waals surface area contributed by atoms with Crippen LogP contribution < -0.4 is 0 Å². The Balaban J connectivity index is 0.00000240. The first-order chi connectivity index (χ1) is 13.7. The van der Waals surface area contributed by atoms with E-state index < -0.39 is 0 Å². The van der Waals surface area contributed by atoms with E-state index in [0.717, 1.165) is 48.0 Å². The Bertz CT molecular complexity index is 403. The molecule has 4 saturated carbocycles. The maximum atomic E-state index is 6.47. The van der Waals surface area contributed by atoms with Gasteiger partial charge in [0, 0.05) is 12.3 Å². The summed E-state index contributed by atoms with van der Waals surface area (Å²) in [4.78, 5) is 0. The molecule has 4 fully saturated rings. The van der Waals surface area contributed by atoms with Crippen molar-refractivity contribution in [1.29, 1.82) is 0 Å². The van der Waals surface area contributed by atoms with Crippen molar-refractivity contribution in [1.82, 2.24) is 0 Å². The molecule has 4 aliphatic rings. The van der Waals surface area contributed by atoms with E-state index in [1.54, 1.807) is 0 Å². The molecule has 0 amide bonds. The van der Waals surface area contributed by atoms with E-state index in [-0.39, 0.29) is 5.71 Å². The molecule has 0 bridgehead atoms. The third-order valence-electron chi connectivity index (χ3n) is 9.63. The SMILES string of the molecule is CC1CCC(C2CCC(COC3CCC(C4CCC(C)CC4)CC3)CC2)CC1.[HH].[HH].[HH].[HH]. The van der Waals surface area contributed by atoms with E-state index in [2.05, 4.69) is 13.8 Å². The van der Waals surface area contributed by atoms with Crippen molar-refractivity contribution in [2.45, 2.75) is 123 Å². The lowest BCUT2D eigenvalue weighted by Crippen LogP contribution is -2.30. The van der Waals surface area contributed by atoms with Gasteiger partial charge in [0.2, 0.25) is 0 Å². The quantitative estimate of drug-likeness (QED) is 0.450. The second kappa shape index (κ2) is 10.3. The summed E-state index contributed by atoms with van der Waals surface area (Å²) in [5.74, 6) is 7.06. The molecule has 170 valence electrons. The van der Waals surface area contributed by atoms with Crippen LogP contribution in [-0.2, 0) is 4.74 Å². The van der Waals surface area contributed by atoms with E-state index >= 15 is 0 Å². The predicted molar refractivity (Wildman–Crippen MR) is 128 cm³/mol. The molecular weight excluding hydrogens is 340 g/mol. The van der Waals surface area contributed by atoms with Crippen molar-refractivity contribution in [2.75, 3.05) is 6.61 Å². The Morgan fingerprint density at radius 1 is 0.500 bits per heavy atom. The molecule has 0 atom stereocenters. The summed E-state index contributed by atoms with van der Waals surface area (Å²) < 4.78 is 6.47. The van der Waals surface area contributed by atoms with Gasteiger partial charge in [0.25, 0.3) is 0 Å². The van der Waals surface area contributed by atoms with Crippen LogP contribution in [-0.4, -0.2) is 12.7 Å². The van der Waals surface area contributed by atoms with Crippen LogP contribution in [0, 0.1) is 41.4 Å². The molecule has 1 nitrogen and oxygen atoms in total. The molecule has 0 unspecified atom stereocenters. The highest BCUT2D eigenvalue weighted by Gasteiger charge is 2.32. The summed E-state index contributed by atoms with van der Waals surface area (Å²) in [7, 11) is 0. The highest BCUT2D eigenvalue weighted by Crippen LogP contribution is 2.42. The lowest BCUT2D eigenvalue weighted by atomic mass is 9.69. The van der Waals surface area contributed by atoms with Crippen LogP contribution in [0.15, 0.2) is 0 Å². The summed E-state index contributed by atoms with van der Waals surface area (Å²) in [5.41, 5.74) is 0. The number of ether oxygens (including phenoxy) is 1. The van der Waals surface area contributed by atoms with Crippen LogP contribution in [0.1, 0.15) is 122 Å². The first kappa shape index (κ1) is 21.2. The van der Waals surface area contributed by atoms with Gasteiger partial charge in [-0.3, -0.25) is 0 Å². The first-order valence-corrected chi connectivity index (χ1v) is 13.3. The zero-order valence-electron chi connectivity index (χ0n) is 19.0. The van der Waals surface area contributed by atoms with Crippen LogP contribution in [0.4, 0.5) is 0 Å². The summed E-state index contributed by atoms with van der Waals surface area (Å²) in [6.07, 6.45) is 24.2. The van der Waals surface area contributed by atoms with Crippen LogP contribution in [0.2, 0.25) is 0 Å². The highest BCUT2D eigenvalue weighted by molar-refractivity contribution is 4.83. The van der Waals surface area contributed by atoms with Crippen LogP contribution in [0.5, 0.6) is 0 Å². The summed E-state index contributed by atoms with van der Waals surface area (Å²) in [5, 5.41) is 0. The van der Waals surface area contributed by atoms with Crippen LogP contribution in [0.25, 0.3) is 0 Å². The largest absolute Gasteiger partial charge is 0.378 e. The van der Waals surface area contributed by atoms with Crippen molar-refractivity contribution in [2.24, 2.45) is 41.4 Å². The summed E-state index contributed by atoms with van der Waals surface area (Å²) >= 11 is 0. The Kier molecular flexibility index (Phi) is 7.81. The van der Waals surface area contributed by atoms with Gasteiger partial charge in [-0.05, 0) is 118 Å². The van der Waals surface area contributed by atoms with E-state index in [4.69, 9.17) is 4.74 Å². The van der Waals surface area contributed by atoms with Crippen molar-refractivity contribution in [3.63, 3.8) is 0 Å². The van der Waals surface area contributed by atoms with Crippen molar-refractivity contribution >= 4 is 0 Å². The molecule has 0 N–H and O–H groups in total. The van der Waals surface area contributed by atoms with Gasteiger partial charge < -0.3 is 4.74 Å². The number of hydrogen-bond acceptors (Lipinski definition) is 1. The minimum atomic E-state index is 0. The van der Waals surface area contributed by atoms with E-state index in [1.807, 2.05) is 0 Å². The molecule has 0 heterocycles. The molecule has 4 rings (SSSR count). The number of rotatable bonds is 5. The van der Waals surface area contributed by atoms with Gasteiger partial charge in [-0.1, -0.05) is 39.5 Å². The van der Waals surface area contributed by atoms with Crippen LogP contribution >= 0.6 is 0 Å². The van der Waals surface area contributed by atoms with Crippen molar-refractivity contribution in [3.05, 3.63) is 0 Å². The minimum absolute atomic E-state index is 0. The van der Waals surface area contributed by atoms with E-state index in [1.165, 1.54) is 103 Å². The molecule has 28 heavy (non-hydrogen) atoms. The van der Waals surface area contributed by atoms with Gasteiger partial charge in [-0.25, -0.2) is 0 Å². The Hall–Kier alpha value is -0.0400. The van der Waals surface area contributed by atoms with Gasteiger partial charge >= 0.3 is 0 Å². The fraction of sp³-hybridized carbons (Fsp3) is 1.00. The maximum absolute atomic E-state index is 6.47. The van der Waals surface area contributed by atoms with E-state index in [9.17, 15) is 0 Å². The summed E-state index contributed by atoms with van der Waals surface area (Å²) in [6, 6.07) is 0. The monoisotopic (exact) mass is 396 g/mol. The fourth-order valence-corrected chi connectivity index (χ4v) is 7.34. The smallest absolute Gasteiger partial charge is 0.0575 e. The molecular formula is C27H56O. The third kappa shape index (κ3) is 5.77. The Morgan fingerprint density at radius 3 is 1.29 bits per heavy atom. The normalized spacial score (nSPS) is 45.6. The maximum Gasteiger partial charge on any atom is 0.0575 e.